The quantitative estimate of drug-likeness (QED) is 0.760. The molecule has 0 fully saturated rings. The van der Waals surface area contributed by atoms with Crippen molar-refractivity contribution in [3.05, 3.63) is 66.2 Å². The van der Waals surface area contributed by atoms with Gasteiger partial charge in [0.05, 0.1) is 22.9 Å². The minimum absolute atomic E-state index is 0.111. The summed E-state index contributed by atoms with van der Waals surface area (Å²) in [4.78, 5) is 12.0. The fourth-order valence-electron chi connectivity index (χ4n) is 1.82. The minimum Gasteiger partial charge on any atom is -0.487 e. The van der Waals surface area contributed by atoms with Gasteiger partial charge in [0.2, 0.25) is 5.91 Å². The number of halogens is 1. The molecule has 5 heteroatoms. The number of amides is 1. The van der Waals surface area contributed by atoms with Crippen molar-refractivity contribution in [1.82, 2.24) is 0 Å². The molecule has 1 amide bonds. The SMILES string of the molecule is C=CCOc1ccccc1NC(=O)CNc1ccccc1Cl. The van der Waals surface area contributed by atoms with Crippen LogP contribution in [-0.4, -0.2) is 19.1 Å². The van der Waals surface area contributed by atoms with E-state index in [2.05, 4.69) is 17.2 Å². The van der Waals surface area contributed by atoms with E-state index in [1.165, 1.54) is 0 Å². The number of carbonyl (C=O) groups is 1. The highest BCUT2D eigenvalue weighted by atomic mass is 35.5. The number of carbonyl (C=O) groups excluding carboxylic acids is 1. The molecule has 0 spiro atoms. The predicted molar refractivity (Wildman–Crippen MR) is 90.7 cm³/mol. The number of hydrogen-bond acceptors (Lipinski definition) is 3. The van der Waals surface area contributed by atoms with Gasteiger partial charge < -0.3 is 15.4 Å². The van der Waals surface area contributed by atoms with Gasteiger partial charge in [-0.3, -0.25) is 4.79 Å². The smallest absolute Gasteiger partial charge is 0.243 e. The second kappa shape index (κ2) is 8.10. The van der Waals surface area contributed by atoms with Crippen molar-refractivity contribution in [2.75, 3.05) is 23.8 Å². The molecular weight excluding hydrogens is 300 g/mol. The number of hydrogen-bond donors (Lipinski definition) is 2. The van der Waals surface area contributed by atoms with Crippen molar-refractivity contribution in [2.24, 2.45) is 0 Å². The summed E-state index contributed by atoms with van der Waals surface area (Å²) in [6.07, 6.45) is 1.65. The number of benzene rings is 2. The van der Waals surface area contributed by atoms with E-state index in [4.69, 9.17) is 16.3 Å². The molecule has 0 radical (unpaired) electrons. The molecule has 2 aromatic rings. The third-order valence-corrected chi connectivity index (χ3v) is 3.16. The van der Waals surface area contributed by atoms with Crippen molar-refractivity contribution in [2.45, 2.75) is 0 Å². The minimum atomic E-state index is -0.186. The summed E-state index contributed by atoms with van der Waals surface area (Å²) in [7, 11) is 0. The fraction of sp³-hybridized carbons (Fsp3) is 0.118. The summed E-state index contributed by atoms with van der Waals surface area (Å²) in [5.41, 5.74) is 1.34. The Morgan fingerprint density at radius 3 is 2.55 bits per heavy atom. The Morgan fingerprint density at radius 1 is 1.14 bits per heavy atom. The standard InChI is InChI=1S/C17H17ClN2O2/c1-2-11-22-16-10-6-5-9-15(16)20-17(21)12-19-14-8-4-3-7-13(14)18/h2-10,19H,1,11-12H2,(H,20,21). The second-order valence-corrected chi connectivity index (χ2v) is 4.88. The number of nitrogens with one attached hydrogen (secondary N) is 2. The monoisotopic (exact) mass is 316 g/mol. The number of ether oxygens (including phenoxy) is 1. The lowest BCUT2D eigenvalue weighted by molar-refractivity contribution is -0.114. The van der Waals surface area contributed by atoms with Crippen molar-refractivity contribution < 1.29 is 9.53 Å². The Balaban J connectivity index is 1.95. The molecule has 0 saturated heterocycles. The maximum atomic E-state index is 12.0. The summed E-state index contributed by atoms with van der Waals surface area (Å²) in [5, 5.41) is 6.37. The van der Waals surface area contributed by atoms with E-state index in [9.17, 15) is 4.79 Å². The highest BCUT2D eigenvalue weighted by Crippen LogP contribution is 2.24. The fourth-order valence-corrected chi connectivity index (χ4v) is 2.02. The Bertz CT molecular complexity index is 659. The van der Waals surface area contributed by atoms with Crippen LogP contribution in [0.4, 0.5) is 11.4 Å². The largest absolute Gasteiger partial charge is 0.487 e. The Kier molecular flexibility index (Phi) is 5.86. The molecule has 0 heterocycles. The first-order valence-corrected chi connectivity index (χ1v) is 7.19. The Labute approximate surface area is 134 Å². The molecule has 114 valence electrons. The van der Waals surface area contributed by atoms with E-state index < -0.39 is 0 Å². The first kappa shape index (κ1) is 15.9. The van der Waals surface area contributed by atoms with E-state index in [1.807, 2.05) is 30.3 Å². The van der Waals surface area contributed by atoms with E-state index in [0.717, 1.165) is 5.69 Å². The van der Waals surface area contributed by atoms with Crippen LogP contribution in [0.5, 0.6) is 5.75 Å². The van der Waals surface area contributed by atoms with E-state index in [1.54, 1.807) is 24.3 Å². The lowest BCUT2D eigenvalue weighted by atomic mass is 10.3. The zero-order chi connectivity index (χ0) is 15.8. The molecule has 2 aromatic carbocycles. The molecule has 0 bridgehead atoms. The maximum Gasteiger partial charge on any atom is 0.243 e. The predicted octanol–water partition coefficient (Wildman–Crippen LogP) is 3.96. The molecule has 2 N–H and O–H groups in total. The summed E-state index contributed by atoms with van der Waals surface area (Å²) >= 11 is 6.03. The summed E-state index contributed by atoms with van der Waals surface area (Å²) in [6.45, 7) is 4.09. The Hall–Kier alpha value is -2.46. The highest BCUT2D eigenvalue weighted by Gasteiger charge is 2.08. The second-order valence-electron chi connectivity index (χ2n) is 4.48. The molecule has 0 aliphatic rings. The first-order valence-electron chi connectivity index (χ1n) is 6.81. The normalized spacial score (nSPS) is 9.86. The summed E-state index contributed by atoms with van der Waals surface area (Å²) in [5.74, 6) is 0.420. The zero-order valence-corrected chi connectivity index (χ0v) is 12.8. The number of para-hydroxylation sites is 3. The van der Waals surface area contributed by atoms with Crippen LogP contribution >= 0.6 is 11.6 Å². The molecule has 0 unspecified atom stereocenters. The zero-order valence-electron chi connectivity index (χ0n) is 12.0. The van der Waals surface area contributed by atoms with E-state index in [0.29, 0.717) is 23.1 Å². The topological polar surface area (TPSA) is 50.4 Å². The van der Waals surface area contributed by atoms with Crippen LogP contribution in [0.1, 0.15) is 0 Å². The Morgan fingerprint density at radius 2 is 1.82 bits per heavy atom. The van der Waals surface area contributed by atoms with Crippen molar-refractivity contribution >= 4 is 28.9 Å². The number of anilines is 2. The van der Waals surface area contributed by atoms with Gasteiger partial charge in [-0.05, 0) is 24.3 Å². The molecule has 0 aromatic heterocycles. The number of rotatable bonds is 7. The molecule has 0 saturated carbocycles. The molecule has 0 aliphatic carbocycles. The molecule has 22 heavy (non-hydrogen) atoms. The summed E-state index contributed by atoms with van der Waals surface area (Å²) < 4.78 is 5.49. The average molecular weight is 317 g/mol. The van der Waals surface area contributed by atoms with Gasteiger partial charge in [0.25, 0.3) is 0 Å². The average Bonchev–Trinajstić information content (AvgIpc) is 2.53. The molecule has 2 rings (SSSR count). The van der Waals surface area contributed by atoms with Crippen molar-refractivity contribution in [3.63, 3.8) is 0 Å². The van der Waals surface area contributed by atoms with Gasteiger partial charge >= 0.3 is 0 Å². The van der Waals surface area contributed by atoms with Crippen LogP contribution in [0.25, 0.3) is 0 Å². The highest BCUT2D eigenvalue weighted by molar-refractivity contribution is 6.33. The maximum absolute atomic E-state index is 12.0. The molecule has 4 nitrogen and oxygen atoms in total. The van der Waals surface area contributed by atoms with Gasteiger partial charge in [0, 0.05) is 0 Å². The molecule has 0 aliphatic heterocycles. The van der Waals surface area contributed by atoms with Crippen LogP contribution in [0, 0.1) is 0 Å². The van der Waals surface area contributed by atoms with Gasteiger partial charge in [-0.2, -0.15) is 0 Å². The van der Waals surface area contributed by atoms with Gasteiger partial charge in [-0.15, -0.1) is 0 Å². The van der Waals surface area contributed by atoms with E-state index >= 15 is 0 Å². The van der Waals surface area contributed by atoms with Gasteiger partial charge in [0.15, 0.2) is 0 Å². The van der Waals surface area contributed by atoms with Crippen molar-refractivity contribution in [1.29, 1.82) is 0 Å². The van der Waals surface area contributed by atoms with Crippen LogP contribution < -0.4 is 15.4 Å². The van der Waals surface area contributed by atoms with Crippen LogP contribution in [-0.2, 0) is 4.79 Å². The first-order chi connectivity index (χ1) is 10.7. The van der Waals surface area contributed by atoms with E-state index in [-0.39, 0.29) is 12.5 Å². The lowest BCUT2D eigenvalue weighted by Gasteiger charge is -2.12. The summed E-state index contributed by atoms with van der Waals surface area (Å²) in [6, 6.07) is 14.5. The third-order valence-electron chi connectivity index (χ3n) is 2.83. The van der Waals surface area contributed by atoms with Crippen LogP contribution in [0.2, 0.25) is 5.02 Å². The lowest BCUT2D eigenvalue weighted by Crippen LogP contribution is -2.22. The van der Waals surface area contributed by atoms with Crippen molar-refractivity contribution in [3.8, 4) is 5.75 Å². The van der Waals surface area contributed by atoms with Gasteiger partial charge in [-0.1, -0.05) is 48.5 Å². The molecular formula is C17H17ClN2O2. The van der Waals surface area contributed by atoms with Gasteiger partial charge in [-0.25, -0.2) is 0 Å². The van der Waals surface area contributed by atoms with Crippen LogP contribution in [0.15, 0.2) is 61.2 Å². The van der Waals surface area contributed by atoms with Crippen LogP contribution in [0.3, 0.4) is 0 Å². The van der Waals surface area contributed by atoms with Gasteiger partial charge in [0.1, 0.15) is 12.4 Å². The molecule has 0 atom stereocenters. The third kappa shape index (κ3) is 4.53.